The van der Waals surface area contributed by atoms with Crippen LogP contribution in [0.15, 0.2) is 36.5 Å². The van der Waals surface area contributed by atoms with Gasteiger partial charge in [-0.25, -0.2) is 0 Å². The minimum absolute atomic E-state index is 0.470. The maximum atomic E-state index is 5.77. The minimum atomic E-state index is 0.470. The Morgan fingerprint density at radius 3 is 2.58 bits per heavy atom. The topological polar surface area (TPSA) is 43.8 Å². The summed E-state index contributed by atoms with van der Waals surface area (Å²) in [5.41, 5.74) is 9.62. The Labute approximate surface area is 115 Å². The lowest BCUT2D eigenvalue weighted by molar-refractivity contribution is 0.539. The first-order valence-electron chi connectivity index (χ1n) is 7.01. The summed E-state index contributed by atoms with van der Waals surface area (Å²) in [5, 5.41) is 4.48. The molecule has 0 radical (unpaired) electrons. The largest absolute Gasteiger partial charge is 0.326 e. The molecule has 0 amide bonds. The molecule has 3 heteroatoms. The van der Waals surface area contributed by atoms with Crippen molar-refractivity contribution in [2.75, 3.05) is 0 Å². The van der Waals surface area contributed by atoms with Crippen molar-refractivity contribution in [2.45, 2.75) is 45.7 Å². The third-order valence-corrected chi connectivity index (χ3v) is 3.41. The zero-order chi connectivity index (χ0) is 13.7. The molecule has 0 fully saturated rings. The number of benzene rings is 1. The van der Waals surface area contributed by atoms with Gasteiger partial charge in [-0.2, -0.15) is 5.10 Å². The van der Waals surface area contributed by atoms with Gasteiger partial charge in [0.1, 0.15) is 0 Å². The standard InChI is InChI=1S/C16H23N3/c1-13(2)16-15(11-17)12-18-19(16)10-6-9-14-7-4-3-5-8-14/h3-5,7-8,12-13H,6,9-11,17H2,1-2H3. The molecule has 102 valence electrons. The number of rotatable bonds is 6. The van der Waals surface area contributed by atoms with Gasteiger partial charge in [0.25, 0.3) is 0 Å². The number of nitrogens with two attached hydrogens (primary N) is 1. The lowest BCUT2D eigenvalue weighted by Gasteiger charge is -2.12. The maximum absolute atomic E-state index is 5.77. The van der Waals surface area contributed by atoms with Crippen LogP contribution in [0.25, 0.3) is 0 Å². The number of nitrogens with zero attached hydrogens (tertiary/aromatic N) is 2. The van der Waals surface area contributed by atoms with E-state index in [4.69, 9.17) is 5.73 Å². The van der Waals surface area contributed by atoms with Crippen molar-refractivity contribution in [3.05, 3.63) is 53.3 Å². The summed E-state index contributed by atoms with van der Waals surface area (Å²) in [4.78, 5) is 0. The fourth-order valence-electron chi connectivity index (χ4n) is 2.52. The Bertz CT molecular complexity index is 500. The second-order valence-electron chi connectivity index (χ2n) is 5.23. The Kier molecular flexibility index (Phi) is 4.74. The van der Waals surface area contributed by atoms with Crippen LogP contribution in [0.4, 0.5) is 0 Å². The van der Waals surface area contributed by atoms with Crippen LogP contribution in [-0.2, 0) is 19.5 Å². The first-order valence-corrected chi connectivity index (χ1v) is 7.01. The maximum Gasteiger partial charge on any atom is 0.0537 e. The molecule has 0 bridgehead atoms. The molecular formula is C16H23N3. The lowest BCUT2D eigenvalue weighted by Crippen LogP contribution is -2.10. The molecule has 19 heavy (non-hydrogen) atoms. The minimum Gasteiger partial charge on any atom is -0.326 e. The first kappa shape index (κ1) is 13.8. The van der Waals surface area contributed by atoms with E-state index in [0.717, 1.165) is 19.4 Å². The third-order valence-electron chi connectivity index (χ3n) is 3.41. The fourth-order valence-corrected chi connectivity index (χ4v) is 2.52. The highest BCUT2D eigenvalue weighted by molar-refractivity contribution is 5.21. The molecule has 1 heterocycles. The molecule has 1 aromatic carbocycles. The number of hydrogen-bond donors (Lipinski definition) is 1. The van der Waals surface area contributed by atoms with E-state index in [9.17, 15) is 0 Å². The Balaban J connectivity index is 1.98. The summed E-state index contributed by atoms with van der Waals surface area (Å²) in [6, 6.07) is 10.6. The highest BCUT2D eigenvalue weighted by Gasteiger charge is 2.12. The van der Waals surface area contributed by atoms with Crippen LogP contribution >= 0.6 is 0 Å². The first-order chi connectivity index (χ1) is 9.22. The van der Waals surface area contributed by atoms with E-state index in [2.05, 4.69) is 54.0 Å². The molecular weight excluding hydrogens is 234 g/mol. The number of hydrogen-bond acceptors (Lipinski definition) is 2. The van der Waals surface area contributed by atoms with E-state index in [-0.39, 0.29) is 0 Å². The Morgan fingerprint density at radius 1 is 1.21 bits per heavy atom. The van der Waals surface area contributed by atoms with Crippen molar-refractivity contribution in [1.29, 1.82) is 0 Å². The van der Waals surface area contributed by atoms with Gasteiger partial charge in [-0.05, 0) is 24.3 Å². The van der Waals surface area contributed by atoms with Crippen LogP contribution < -0.4 is 5.73 Å². The predicted octanol–water partition coefficient (Wildman–Crippen LogP) is 3.10. The Hall–Kier alpha value is -1.61. The van der Waals surface area contributed by atoms with Gasteiger partial charge >= 0.3 is 0 Å². The van der Waals surface area contributed by atoms with Crippen molar-refractivity contribution in [3.8, 4) is 0 Å². The highest BCUT2D eigenvalue weighted by Crippen LogP contribution is 2.19. The van der Waals surface area contributed by atoms with Gasteiger partial charge in [-0.3, -0.25) is 4.68 Å². The van der Waals surface area contributed by atoms with E-state index in [1.807, 2.05) is 6.20 Å². The molecule has 1 aromatic heterocycles. The van der Waals surface area contributed by atoms with E-state index in [0.29, 0.717) is 12.5 Å². The zero-order valence-corrected chi connectivity index (χ0v) is 11.8. The SMILES string of the molecule is CC(C)c1c(CN)cnn1CCCc1ccccc1. The molecule has 2 rings (SSSR count). The monoisotopic (exact) mass is 257 g/mol. The number of aromatic nitrogens is 2. The van der Waals surface area contributed by atoms with Crippen LogP contribution in [0.5, 0.6) is 0 Å². The quantitative estimate of drug-likeness (QED) is 0.864. The summed E-state index contributed by atoms with van der Waals surface area (Å²) in [6.45, 7) is 5.93. The second-order valence-corrected chi connectivity index (χ2v) is 5.23. The molecule has 0 atom stereocenters. The van der Waals surface area contributed by atoms with Gasteiger partial charge in [0, 0.05) is 24.3 Å². The van der Waals surface area contributed by atoms with Gasteiger partial charge in [0.2, 0.25) is 0 Å². The molecule has 0 spiro atoms. The molecule has 0 aliphatic heterocycles. The summed E-state index contributed by atoms with van der Waals surface area (Å²) in [7, 11) is 0. The van der Waals surface area contributed by atoms with Crippen LogP contribution in [-0.4, -0.2) is 9.78 Å². The van der Waals surface area contributed by atoms with Crippen molar-refractivity contribution < 1.29 is 0 Å². The predicted molar refractivity (Wildman–Crippen MR) is 79.0 cm³/mol. The second kappa shape index (κ2) is 6.53. The van der Waals surface area contributed by atoms with Crippen LogP contribution in [0, 0.1) is 0 Å². The zero-order valence-electron chi connectivity index (χ0n) is 11.8. The highest BCUT2D eigenvalue weighted by atomic mass is 15.3. The van der Waals surface area contributed by atoms with Gasteiger partial charge in [-0.1, -0.05) is 44.2 Å². The molecule has 0 saturated carbocycles. The van der Waals surface area contributed by atoms with Crippen molar-refractivity contribution in [3.63, 3.8) is 0 Å². The van der Waals surface area contributed by atoms with E-state index in [1.54, 1.807) is 0 Å². The fraction of sp³-hybridized carbons (Fsp3) is 0.438. The van der Waals surface area contributed by atoms with Crippen LogP contribution in [0.2, 0.25) is 0 Å². The van der Waals surface area contributed by atoms with Gasteiger partial charge in [0.05, 0.1) is 6.20 Å². The molecule has 0 unspecified atom stereocenters. The summed E-state index contributed by atoms with van der Waals surface area (Å²) < 4.78 is 2.12. The van der Waals surface area contributed by atoms with Crippen LogP contribution in [0.1, 0.15) is 43.0 Å². The van der Waals surface area contributed by atoms with Crippen molar-refractivity contribution >= 4 is 0 Å². The van der Waals surface area contributed by atoms with Crippen molar-refractivity contribution in [2.24, 2.45) is 5.73 Å². The Morgan fingerprint density at radius 2 is 1.95 bits per heavy atom. The van der Waals surface area contributed by atoms with Gasteiger partial charge in [-0.15, -0.1) is 0 Å². The van der Waals surface area contributed by atoms with E-state index >= 15 is 0 Å². The average Bonchev–Trinajstić information content (AvgIpc) is 2.83. The molecule has 2 N–H and O–H groups in total. The van der Waals surface area contributed by atoms with Gasteiger partial charge in [0.15, 0.2) is 0 Å². The normalized spacial score (nSPS) is 11.2. The molecule has 2 aromatic rings. The van der Waals surface area contributed by atoms with E-state index < -0.39 is 0 Å². The molecule has 0 aliphatic carbocycles. The van der Waals surface area contributed by atoms with Crippen LogP contribution in [0.3, 0.4) is 0 Å². The molecule has 0 saturated heterocycles. The average molecular weight is 257 g/mol. The molecule has 3 nitrogen and oxygen atoms in total. The molecule has 0 aliphatic rings. The van der Waals surface area contributed by atoms with Gasteiger partial charge < -0.3 is 5.73 Å². The van der Waals surface area contributed by atoms with Crippen molar-refractivity contribution in [1.82, 2.24) is 9.78 Å². The third kappa shape index (κ3) is 3.44. The summed E-state index contributed by atoms with van der Waals surface area (Å²) >= 11 is 0. The summed E-state index contributed by atoms with van der Waals surface area (Å²) in [6.07, 6.45) is 4.11. The van der Waals surface area contributed by atoms with E-state index in [1.165, 1.54) is 16.8 Å². The summed E-state index contributed by atoms with van der Waals surface area (Å²) in [5.74, 6) is 0.470. The smallest absolute Gasteiger partial charge is 0.0537 e. The number of aryl methyl sites for hydroxylation is 2. The lowest BCUT2D eigenvalue weighted by atomic mass is 10.1.